The molecule has 62 valence electrons. The second kappa shape index (κ2) is 5.14. The lowest BCUT2D eigenvalue weighted by atomic mass is 10.2. The molecule has 0 unspecified atom stereocenters. The summed E-state index contributed by atoms with van der Waals surface area (Å²) in [6.45, 7) is 8.03. The van der Waals surface area contributed by atoms with E-state index in [9.17, 15) is 0 Å². The van der Waals surface area contributed by atoms with E-state index in [1.807, 2.05) is 33.8 Å². The largest absolute Gasteiger partial charge is 0.244 e. The minimum atomic E-state index is 0.568. The van der Waals surface area contributed by atoms with Crippen LogP contribution in [0.2, 0.25) is 5.15 Å². The molecule has 11 heavy (non-hydrogen) atoms. The molecule has 0 radical (unpaired) electrons. The molecule has 2 heteroatoms. The zero-order valence-electron chi connectivity index (χ0n) is 7.48. The summed E-state index contributed by atoms with van der Waals surface area (Å²) in [7, 11) is 0. The monoisotopic (exact) mass is 171 g/mol. The van der Waals surface area contributed by atoms with Gasteiger partial charge in [0.15, 0.2) is 0 Å². The lowest BCUT2D eigenvalue weighted by Crippen LogP contribution is -1.81. The SMILES string of the molecule is CC.Cc1cnc(Cl)cc1C. The molecule has 0 saturated carbocycles. The van der Waals surface area contributed by atoms with Gasteiger partial charge in [-0.15, -0.1) is 0 Å². The summed E-state index contributed by atoms with van der Waals surface area (Å²) in [5, 5.41) is 0.568. The average molecular weight is 172 g/mol. The van der Waals surface area contributed by atoms with Gasteiger partial charge < -0.3 is 0 Å². The summed E-state index contributed by atoms with van der Waals surface area (Å²) < 4.78 is 0. The van der Waals surface area contributed by atoms with Gasteiger partial charge in [-0.2, -0.15) is 0 Å². The van der Waals surface area contributed by atoms with Gasteiger partial charge in [0.1, 0.15) is 5.15 Å². The van der Waals surface area contributed by atoms with Gasteiger partial charge in [-0.25, -0.2) is 4.98 Å². The minimum absolute atomic E-state index is 0.568. The number of hydrogen-bond donors (Lipinski definition) is 0. The fourth-order valence-electron chi connectivity index (χ4n) is 0.590. The first-order valence-electron chi connectivity index (χ1n) is 3.79. The van der Waals surface area contributed by atoms with Crippen LogP contribution in [0, 0.1) is 13.8 Å². The van der Waals surface area contributed by atoms with E-state index in [2.05, 4.69) is 4.98 Å². The first-order valence-corrected chi connectivity index (χ1v) is 4.16. The highest BCUT2D eigenvalue weighted by Crippen LogP contribution is 2.09. The van der Waals surface area contributed by atoms with Crippen molar-refractivity contribution in [3.05, 3.63) is 28.5 Å². The number of nitrogens with zero attached hydrogens (tertiary/aromatic N) is 1. The third-order valence-corrected chi connectivity index (χ3v) is 1.55. The van der Waals surface area contributed by atoms with Crippen molar-refractivity contribution in [3.8, 4) is 0 Å². The number of halogens is 1. The van der Waals surface area contributed by atoms with Crippen molar-refractivity contribution in [2.75, 3.05) is 0 Å². The number of aromatic nitrogens is 1. The smallest absolute Gasteiger partial charge is 0.129 e. The number of rotatable bonds is 0. The minimum Gasteiger partial charge on any atom is -0.244 e. The quantitative estimate of drug-likeness (QED) is 0.546. The first kappa shape index (κ1) is 10.4. The fourth-order valence-corrected chi connectivity index (χ4v) is 0.803. The van der Waals surface area contributed by atoms with Crippen molar-refractivity contribution >= 4 is 11.6 Å². The van der Waals surface area contributed by atoms with E-state index in [1.54, 1.807) is 6.20 Å². The van der Waals surface area contributed by atoms with Crippen molar-refractivity contribution < 1.29 is 0 Å². The van der Waals surface area contributed by atoms with Gasteiger partial charge in [-0.05, 0) is 31.0 Å². The van der Waals surface area contributed by atoms with Crippen LogP contribution in [0.15, 0.2) is 12.3 Å². The lowest BCUT2D eigenvalue weighted by molar-refractivity contribution is 1.22. The summed E-state index contributed by atoms with van der Waals surface area (Å²) >= 11 is 5.61. The van der Waals surface area contributed by atoms with E-state index >= 15 is 0 Å². The molecule has 0 aliphatic rings. The highest BCUT2D eigenvalue weighted by Gasteiger charge is 1.91. The molecule has 0 aliphatic heterocycles. The van der Waals surface area contributed by atoms with E-state index in [-0.39, 0.29) is 0 Å². The number of hydrogen-bond acceptors (Lipinski definition) is 1. The van der Waals surface area contributed by atoms with E-state index in [0.29, 0.717) is 5.15 Å². The maximum absolute atomic E-state index is 5.61. The molecular formula is C9H14ClN. The maximum Gasteiger partial charge on any atom is 0.129 e. The number of pyridine rings is 1. The van der Waals surface area contributed by atoms with Crippen LogP contribution in [0.5, 0.6) is 0 Å². The average Bonchev–Trinajstić information content (AvgIpc) is 2.02. The Kier molecular flexibility index (Phi) is 4.88. The molecule has 0 bridgehead atoms. The molecule has 1 aromatic rings. The molecule has 1 nitrogen and oxygen atoms in total. The predicted octanol–water partition coefficient (Wildman–Crippen LogP) is 3.38. The first-order chi connectivity index (χ1) is 5.20. The molecule has 0 N–H and O–H groups in total. The van der Waals surface area contributed by atoms with E-state index < -0.39 is 0 Å². The fraction of sp³-hybridized carbons (Fsp3) is 0.444. The molecule has 0 amide bonds. The Morgan fingerprint density at radius 3 is 2.09 bits per heavy atom. The Morgan fingerprint density at radius 2 is 1.73 bits per heavy atom. The summed E-state index contributed by atoms with van der Waals surface area (Å²) in [4.78, 5) is 3.90. The van der Waals surface area contributed by atoms with Gasteiger partial charge in [0.05, 0.1) is 0 Å². The van der Waals surface area contributed by atoms with Crippen LogP contribution in [0.4, 0.5) is 0 Å². The zero-order chi connectivity index (χ0) is 8.85. The van der Waals surface area contributed by atoms with E-state index in [0.717, 1.165) is 0 Å². The third kappa shape index (κ3) is 3.38. The molecule has 1 aromatic heterocycles. The summed E-state index contributed by atoms with van der Waals surface area (Å²) in [6, 6.07) is 1.86. The van der Waals surface area contributed by atoms with Gasteiger partial charge in [-0.1, -0.05) is 25.4 Å². The second-order valence-electron chi connectivity index (χ2n) is 2.09. The van der Waals surface area contributed by atoms with Gasteiger partial charge in [0, 0.05) is 6.20 Å². The van der Waals surface area contributed by atoms with Crippen LogP contribution in [-0.2, 0) is 0 Å². The molecule has 0 atom stereocenters. The van der Waals surface area contributed by atoms with Crippen LogP contribution in [0.3, 0.4) is 0 Å². The van der Waals surface area contributed by atoms with Gasteiger partial charge in [0.2, 0.25) is 0 Å². The summed E-state index contributed by atoms with van der Waals surface area (Å²) in [5.41, 5.74) is 2.37. The molecule has 0 fully saturated rings. The van der Waals surface area contributed by atoms with Gasteiger partial charge in [-0.3, -0.25) is 0 Å². The summed E-state index contributed by atoms with van der Waals surface area (Å²) in [5.74, 6) is 0. The predicted molar refractivity (Wildman–Crippen MR) is 50.1 cm³/mol. The van der Waals surface area contributed by atoms with Crippen LogP contribution < -0.4 is 0 Å². The zero-order valence-corrected chi connectivity index (χ0v) is 8.24. The third-order valence-electron chi connectivity index (χ3n) is 1.34. The van der Waals surface area contributed by atoms with Crippen molar-refractivity contribution in [3.63, 3.8) is 0 Å². The highest BCUT2D eigenvalue weighted by molar-refractivity contribution is 6.29. The highest BCUT2D eigenvalue weighted by atomic mass is 35.5. The van der Waals surface area contributed by atoms with E-state index in [4.69, 9.17) is 11.6 Å². The standard InChI is InChI=1S/C7H8ClN.C2H6/c1-5-3-7(8)9-4-6(5)2;1-2/h3-4H,1-2H3;1-2H3. The van der Waals surface area contributed by atoms with Crippen molar-refractivity contribution in [2.24, 2.45) is 0 Å². The molecule has 1 rings (SSSR count). The molecule has 0 aliphatic carbocycles. The lowest BCUT2D eigenvalue weighted by Gasteiger charge is -1.96. The van der Waals surface area contributed by atoms with Gasteiger partial charge >= 0.3 is 0 Å². The van der Waals surface area contributed by atoms with Crippen LogP contribution in [-0.4, -0.2) is 4.98 Å². The van der Waals surface area contributed by atoms with Crippen molar-refractivity contribution in [1.82, 2.24) is 4.98 Å². The van der Waals surface area contributed by atoms with Gasteiger partial charge in [0.25, 0.3) is 0 Å². The molecule has 0 aromatic carbocycles. The van der Waals surface area contributed by atoms with Crippen LogP contribution in [0.25, 0.3) is 0 Å². The molecule has 0 spiro atoms. The van der Waals surface area contributed by atoms with Crippen molar-refractivity contribution in [2.45, 2.75) is 27.7 Å². The van der Waals surface area contributed by atoms with Crippen LogP contribution >= 0.6 is 11.6 Å². The van der Waals surface area contributed by atoms with E-state index in [1.165, 1.54) is 11.1 Å². The molecular weight excluding hydrogens is 158 g/mol. The molecule has 0 saturated heterocycles. The maximum atomic E-state index is 5.61. The second-order valence-corrected chi connectivity index (χ2v) is 2.48. The normalized spacial score (nSPS) is 8.45. The number of aryl methyl sites for hydroxylation is 2. The molecule has 1 heterocycles. The Balaban J connectivity index is 0.000000461. The Hall–Kier alpha value is -0.560. The summed E-state index contributed by atoms with van der Waals surface area (Å²) in [6.07, 6.45) is 1.78. The Bertz CT molecular complexity index is 221. The van der Waals surface area contributed by atoms with Crippen LogP contribution in [0.1, 0.15) is 25.0 Å². The Labute approximate surface area is 73.4 Å². The van der Waals surface area contributed by atoms with Crippen molar-refractivity contribution in [1.29, 1.82) is 0 Å². The Morgan fingerprint density at radius 1 is 1.18 bits per heavy atom. The topological polar surface area (TPSA) is 12.9 Å².